The maximum Gasteiger partial charge on any atom is 0.337 e. The van der Waals surface area contributed by atoms with Crippen LogP contribution in [0.25, 0.3) is 0 Å². The van der Waals surface area contributed by atoms with Gasteiger partial charge in [-0.2, -0.15) is 0 Å². The van der Waals surface area contributed by atoms with Gasteiger partial charge in [0.05, 0.1) is 19.9 Å². The molecule has 8 heteroatoms. The summed E-state index contributed by atoms with van der Waals surface area (Å²) in [6.07, 6.45) is 0. The first-order chi connectivity index (χ1) is 9.38. The molecule has 2 rings (SSSR count). The van der Waals surface area contributed by atoms with Gasteiger partial charge in [0.25, 0.3) is 5.91 Å². The minimum Gasteiger partial charge on any atom is -0.478 e. The largest absolute Gasteiger partial charge is 0.478 e. The van der Waals surface area contributed by atoms with E-state index in [1.54, 1.807) is 6.07 Å². The second kappa shape index (κ2) is 6.02. The van der Waals surface area contributed by atoms with E-state index in [4.69, 9.17) is 5.11 Å². The predicted octanol–water partition coefficient (Wildman–Crippen LogP) is 4.36. The monoisotopic (exact) mass is 421 g/mol. The van der Waals surface area contributed by atoms with Crippen LogP contribution in [0, 0.1) is 5.82 Å². The van der Waals surface area contributed by atoms with Crippen LogP contribution < -0.4 is 5.32 Å². The normalized spacial score (nSPS) is 10.3. The van der Waals surface area contributed by atoms with Gasteiger partial charge in [0.2, 0.25) is 0 Å². The van der Waals surface area contributed by atoms with Crippen molar-refractivity contribution >= 4 is 60.8 Å². The Morgan fingerprint density at radius 2 is 1.95 bits per heavy atom. The molecule has 0 aliphatic heterocycles. The van der Waals surface area contributed by atoms with E-state index in [1.807, 2.05) is 0 Å². The molecule has 104 valence electrons. The molecule has 2 N–H and O–H groups in total. The van der Waals surface area contributed by atoms with Crippen molar-refractivity contribution in [3.8, 4) is 0 Å². The van der Waals surface area contributed by atoms with Gasteiger partial charge in [0.1, 0.15) is 5.82 Å². The molecule has 0 spiro atoms. The third-order valence-corrected chi connectivity index (χ3v) is 5.58. The summed E-state index contributed by atoms with van der Waals surface area (Å²) >= 11 is 7.72. The van der Waals surface area contributed by atoms with Crippen molar-refractivity contribution in [3.05, 3.63) is 48.8 Å². The Morgan fingerprint density at radius 1 is 1.25 bits per heavy atom. The van der Waals surface area contributed by atoms with Gasteiger partial charge in [-0.1, -0.05) is 0 Å². The van der Waals surface area contributed by atoms with Gasteiger partial charge < -0.3 is 10.4 Å². The molecule has 0 saturated heterocycles. The highest BCUT2D eigenvalue weighted by Crippen LogP contribution is 2.32. The third kappa shape index (κ3) is 3.25. The molecule has 2 aromatic rings. The standard InChI is InChI=1S/C12H6Br2FNO3S/c13-7-4-9(20-10(7)14)11(17)16-8-2-1-5(15)3-6(8)12(18)19/h1-4H,(H,16,17)(H,18,19). The average molecular weight is 423 g/mol. The molecular weight excluding hydrogens is 417 g/mol. The molecule has 0 fully saturated rings. The van der Waals surface area contributed by atoms with Crippen LogP contribution in [-0.2, 0) is 0 Å². The Bertz CT molecular complexity index is 683. The van der Waals surface area contributed by atoms with Crippen LogP contribution >= 0.6 is 43.2 Å². The third-order valence-electron chi connectivity index (χ3n) is 2.33. The van der Waals surface area contributed by atoms with Gasteiger partial charge in [-0.05, 0) is 56.1 Å². The first-order valence-electron chi connectivity index (χ1n) is 5.17. The number of carbonyl (C=O) groups is 2. The van der Waals surface area contributed by atoms with Crippen LogP contribution in [0.15, 0.2) is 32.5 Å². The Hall–Kier alpha value is -1.25. The van der Waals surface area contributed by atoms with E-state index < -0.39 is 17.7 Å². The maximum atomic E-state index is 13.0. The van der Waals surface area contributed by atoms with Crippen molar-refractivity contribution in [2.45, 2.75) is 0 Å². The summed E-state index contributed by atoms with van der Waals surface area (Å²) in [5.74, 6) is -2.45. The summed E-state index contributed by atoms with van der Waals surface area (Å²) in [5, 5.41) is 11.4. The first kappa shape index (κ1) is 15.1. The molecule has 0 atom stereocenters. The van der Waals surface area contributed by atoms with Gasteiger partial charge in [0.15, 0.2) is 0 Å². The molecule has 4 nitrogen and oxygen atoms in total. The molecule has 1 aromatic carbocycles. The minimum atomic E-state index is -1.31. The van der Waals surface area contributed by atoms with Gasteiger partial charge in [-0.25, -0.2) is 9.18 Å². The summed E-state index contributed by atoms with van der Waals surface area (Å²) in [7, 11) is 0. The number of hydrogen-bond donors (Lipinski definition) is 2. The summed E-state index contributed by atoms with van der Waals surface area (Å²) in [5.41, 5.74) is -0.252. The van der Waals surface area contributed by atoms with Crippen LogP contribution in [0.5, 0.6) is 0 Å². The lowest BCUT2D eigenvalue weighted by Crippen LogP contribution is -2.13. The van der Waals surface area contributed by atoms with Gasteiger partial charge in [-0.3, -0.25) is 4.79 Å². The van der Waals surface area contributed by atoms with E-state index in [1.165, 1.54) is 17.4 Å². The number of halogens is 3. The Labute approximate surface area is 133 Å². The van der Waals surface area contributed by atoms with Crippen molar-refractivity contribution in [2.75, 3.05) is 5.32 Å². The number of thiophene rings is 1. The van der Waals surface area contributed by atoms with Crippen LogP contribution in [0.2, 0.25) is 0 Å². The molecular formula is C12H6Br2FNO3S. The summed E-state index contributed by atoms with van der Waals surface area (Å²) < 4.78 is 14.5. The SMILES string of the molecule is O=C(Nc1ccc(F)cc1C(=O)O)c1cc(Br)c(Br)s1. The maximum absolute atomic E-state index is 13.0. The second-order valence-corrected chi connectivity index (χ2v) is 6.91. The molecule has 1 heterocycles. The van der Waals surface area contributed by atoms with Crippen LogP contribution in [-0.4, -0.2) is 17.0 Å². The summed E-state index contributed by atoms with van der Waals surface area (Å²) in [4.78, 5) is 23.4. The molecule has 1 aromatic heterocycles. The van der Waals surface area contributed by atoms with E-state index in [0.717, 1.165) is 20.4 Å². The Morgan fingerprint density at radius 3 is 2.50 bits per heavy atom. The smallest absolute Gasteiger partial charge is 0.337 e. The predicted molar refractivity (Wildman–Crippen MR) is 81.0 cm³/mol. The summed E-state index contributed by atoms with van der Waals surface area (Å²) in [6, 6.07) is 4.77. The summed E-state index contributed by atoms with van der Waals surface area (Å²) in [6.45, 7) is 0. The fourth-order valence-electron chi connectivity index (χ4n) is 1.44. The lowest BCUT2D eigenvalue weighted by Gasteiger charge is -2.07. The highest BCUT2D eigenvalue weighted by molar-refractivity contribution is 9.13. The Kier molecular flexibility index (Phi) is 4.56. The molecule has 0 saturated carbocycles. The zero-order chi connectivity index (χ0) is 14.9. The average Bonchev–Trinajstić information content (AvgIpc) is 2.71. The van der Waals surface area contributed by atoms with E-state index in [0.29, 0.717) is 4.88 Å². The zero-order valence-corrected chi connectivity index (χ0v) is 13.6. The zero-order valence-electron chi connectivity index (χ0n) is 9.62. The molecule has 0 radical (unpaired) electrons. The van der Waals surface area contributed by atoms with Crippen molar-refractivity contribution in [1.82, 2.24) is 0 Å². The van der Waals surface area contributed by atoms with Crippen molar-refractivity contribution in [2.24, 2.45) is 0 Å². The van der Waals surface area contributed by atoms with Crippen LogP contribution in [0.1, 0.15) is 20.0 Å². The van der Waals surface area contributed by atoms with E-state index in [9.17, 15) is 14.0 Å². The quantitative estimate of drug-likeness (QED) is 0.772. The highest BCUT2D eigenvalue weighted by atomic mass is 79.9. The number of benzene rings is 1. The highest BCUT2D eigenvalue weighted by Gasteiger charge is 2.16. The van der Waals surface area contributed by atoms with Gasteiger partial charge in [0, 0.05) is 4.47 Å². The molecule has 0 aliphatic rings. The lowest BCUT2D eigenvalue weighted by molar-refractivity contribution is 0.0697. The Balaban J connectivity index is 2.30. The number of hydrogen-bond acceptors (Lipinski definition) is 3. The number of amides is 1. The number of nitrogens with one attached hydrogen (secondary N) is 1. The van der Waals surface area contributed by atoms with Crippen LogP contribution in [0.4, 0.5) is 10.1 Å². The topological polar surface area (TPSA) is 66.4 Å². The number of rotatable bonds is 3. The number of aromatic carboxylic acids is 1. The minimum absolute atomic E-state index is 0.0459. The van der Waals surface area contributed by atoms with Crippen molar-refractivity contribution in [3.63, 3.8) is 0 Å². The number of carbonyl (C=O) groups excluding carboxylic acids is 1. The van der Waals surface area contributed by atoms with Gasteiger partial charge >= 0.3 is 5.97 Å². The number of carboxylic acids is 1. The molecule has 20 heavy (non-hydrogen) atoms. The molecule has 0 aliphatic carbocycles. The van der Waals surface area contributed by atoms with Crippen molar-refractivity contribution in [1.29, 1.82) is 0 Å². The van der Waals surface area contributed by atoms with Crippen LogP contribution in [0.3, 0.4) is 0 Å². The molecule has 0 unspecified atom stereocenters. The second-order valence-electron chi connectivity index (χ2n) is 3.68. The number of anilines is 1. The van der Waals surface area contributed by atoms with Crippen molar-refractivity contribution < 1.29 is 19.1 Å². The fraction of sp³-hybridized carbons (Fsp3) is 0. The first-order valence-corrected chi connectivity index (χ1v) is 7.57. The lowest BCUT2D eigenvalue weighted by atomic mass is 10.1. The fourth-order valence-corrected chi connectivity index (χ4v) is 3.38. The molecule has 0 bridgehead atoms. The van der Waals surface area contributed by atoms with E-state index in [-0.39, 0.29) is 11.3 Å². The molecule has 1 amide bonds. The van der Waals surface area contributed by atoms with E-state index in [2.05, 4.69) is 37.2 Å². The van der Waals surface area contributed by atoms with E-state index >= 15 is 0 Å². The number of carboxylic acid groups (broad SMARTS) is 1. The van der Waals surface area contributed by atoms with Gasteiger partial charge in [-0.15, -0.1) is 11.3 Å².